The van der Waals surface area contributed by atoms with Gasteiger partial charge in [-0.15, -0.1) is 0 Å². The molecule has 0 saturated carbocycles. The minimum absolute atomic E-state index is 0.0446. The molecule has 2 rings (SSSR count). The molecule has 1 atom stereocenters. The van der Waals surface area contributed by atoms with Crippen molar-refractivity contribution in [3.05, 3.63) is 28.4 Å². The van der Waals surface area contributed by atoms with Crippen molar-refractivity contribution in [2.45, 2.75) is 6.10 Å². The van der Waals surface area contributed by atoms with E-state index >= 15 is 0 Å². The smallest absolute Gasteiger partial charge is 0.311 e. The molecule has 1 aromatic rings. The fourth-order valence-corrected chi connectivity index (χ4v) is 2.61. The molecule has 1 aromatic heterocycles. The third-order valence-corrected chi connectivity index (χ3v) is 3.87. The van der Waals surface area contributed by atoms with Gasteiger partial charge in [0, 0.05) is 58.6 Å². The Hall–Kier alpha value is -1.77. The van der Waals surface area contributed by atoms with E-state index in [4.69, 9.17) is 0 Å². The van der Waals surface area contributed by atoms with Crippen molar-refractivity contribution in [3.63, 3.8) is 0 Å². The van der Waals surface area contributed by atoms with Crippen LogP contribution in [0.15, 0.2) is 18.3 Å². The van der Waals surface area contributed by atoms with Crippen molar-refractivity contribution in [2.24, 2.45) is 0 Å². The van der Waals surface area contributed by atoms with Crippen LogP contribution in [-0.2, 0) is 0 Å². The lowest BCUT2D eigenvalue weighted by Crippen LogP contribution is -2.48. The van der Waals surface area contributed by atoms with Crippen molar-refractivity contribution in [1.29, 1.82) is 0 Å². The molecule has 0 unspecified atom stereocenters. The van der Waals surface area contributed by atoms with Gasteiger partial charge in [0.25, 0.3) is 0 Å². The highest BCUT2D eigenvalue weighted by Crippen LogP contribution is 2.23. The van der Waals surface area contributed by atoms with Gasteiger partial charge in [0.2, 0.25) is 5.82 Å². The fourth-order valence-electron chi connectivity index (χ4n) is 2.61. The quantitative estimate of drug-likeness (QED) is 0.586. The number of nitrogens with zero attached hydrogens (tertiary/aromatic N) is 5. The molecule has 1 fully saturated rings. The number of pyridine rings is 1. The van der Waals surface area contributed by atoms with E-state index in [2.05, 4.69) is 21.8 Å². The zero-order chi connectivity index (χ0) is 16.1. The van der Waals surface area contributed by atoms with Crippen LogP contribution in [0.5, 0.6) is 0 Å². The summed E-state index contributed by atoms with van der Waals surface area (Å²) in [5, 5.41) is 21.3. The molecule has 0 aromatic carbocycles. The van der Waals surface area contributed by atoms with Crippen molar-refractivity contribution >= 4 is 11.5 Å². The molecule has 1 aliphatic heterocycles. The third kappa shape index (κ3) is 4.36. The molecule has 8 heteroatoms. The molecular weight excluding hydrogens is 286 g/mol. The third-order valence-electron chi connectivity index (χ3n) is 3.87. The summed E-state index contributed by atoms with van der Waals surface area (Å²) < 4.78 is 0. The van der Waals surface area contributed by atoms with Gasteiger partial charge in [-0.2, -0.15) is 0 Å². The second-order valence-electron chi connectivity index (χ2n) is 5.74. The summed E-state index contributed by atoms with van der Waals surface area (Å²) in [4.78, 5) is 20.7. The minimum atomic E-state index is -0.574. The fraction of sp³-hybridized carbons (Fsp3) is 0.643. The van der Waals surface area contributed by atoms with E-state index in [0.29, 0.717) is 13.1 Å². The number of aliphatic hydroxyl groups excluding tert-OH is 1. The van der Waals surface area contributed by atoms with Gasteiger partial charge < -0.3 is 14.9 Å². The molecule has 22 heavy (non-hydrogen) atoms. The number of aliphatic hydroxyl groups is 1. The summed E-state index contributed by atoms with van der Waals surface area (Å²) in [5.74, 6) is 0.282. The first-order chi connectivity index (χ1) is 10.5. The summed E-state index contributed by atoms with van der Waals surface area (Å²) >= 11 is 0. The normalized spacial score (nSPS) is 18.1. The van der Waals surface area contributed by atoms with Gasteiger partial charge in [0.15, 0.2) is 0 Å². The lowest BCUT2D eigenvalue weighted by atomic mass is 10.2. The molecule has 2 heterocycles. The van der Waals surface area contributed by atoms with Gasteiger partial charge in [-0.3, -0.25) is 15.0 Å². The molecule has 0 spiro atoms. The number of nitro groups is 1. The second-order valence-corrected chi connectivity index (χ2v) is 5.74. The first-order valence-corrected chi connectivity index (χ1v) is 7.37. The van der Waals surface area contributed by atoms with Gasteiger partial charge in [-0.05, 0) is 13.1 Å². The van der Waals surface area contributed by atoms with E-state index < -0.39 is 11.0 Å². The van der Waals surface area contributed by atoms with Crippen LogP contribution in [0.4, 0.5) is 11.5 Å². The van der Waals surface area contributed by atoms with Crippen LogP contribution in [-0.4, -0.2) is 84.3 Å². The van der Waals surface area contributed by atoms with Gasteiger partial charge in [-0.25, -0.2) is 4.98 Å². The minimum Gasteiger partial charge on any atom is -0.390 e. The number of β-amino-alcohol motifs (C(OH)–C–C–N with tert-alkyl or cyclic N) is 1. The van der Waals surface area contributed by atoms with E-state index in [0.717, 1.165) is 26.2 Å². The zero-order valence-corrected chi connectivity index (χ0v) is 13.1. The van der Waals surface area contributed by atoms with Gasteiger partial charge in [0.1, 0.15) is 0 Å². The summed E-state index contributed by atoms with van der Waals surface area (Å²) in [6, 6.07) is 2.96. The van der Waals surface area contributed by atoms with E-state index in [1.54, 1.807) is 11.9 Å². The Morgan fingerprint density at radius 2 is 2.14 bits per heavy atom. The Balaban J connectivity index is 1.91. The molecular formula is C14H23N5O3. The topological polar surface area (TPSA) is 86.0 Å². The standard InChI is InChI=1S/C14H23N5O3/c1-16-6-8-18(9-7-16)11-12(20)10-17(2)14-13(19(21)22)4-3-5-15-14/h3-5,12,20H,6-11H2,1-2H3/t12-/m1/s1. The monoisotopic (exact) mass is 309 g/mol. The first kappa shape index (κ1) is 16.6. The highest BCUT2D eigenvalue weighted by Gasteiger charge is 2.22. The largest absolute Gasteiger partial charge is 0.390 e. The van der Waals surface area contributed by atoms with Gasteiger partial charge in [0.05, 0.1) is 11.0 Å². The summed E-state index contributed by atoms with van der Waals surface area (Å²) in [5.41, 5.74) is -0.0446. The average molecular weight is 309 g/mol. The molecule has 0 radical (unpaired) electrons. The lowest BCUT2D eigenvalue weighted by Gasteiger charge is -2.34. The molecule has 0 bridgehead atoms. The zero-order valence-electron chi connectivity index (χ0n) is 13.1. The van der Waals surface area contributed by atoms with Gasteiger partial charge >= 0.3 is 5.69 Å². The Labute approximate surface area is 130 Å². The highest BCUT2D eigenvalue weighted by atomic mass is 16.6. The SMILES string of the molecule is CN1CCN(C[C@H](O)CN(C)c2ncccc2[N+](=O)[O-])CC1. The predicted octanol–water partition coefficient (Wildman–Crippen LogP) is 0.0343. The van der Waals surface area contributed by atoms with E-state index in [1.165, 1.54) is 18.3 Å². The number of hydrogen-bond donors (Lipinski definition) is 1. The van der Waals surface area contributed by atoms with Crippen molar-refractivity contribution < 1.29 is 10.0 Å². The number of rotatable bonds is 6. The Morgan fingerprint density at radius 1 is 1.45 bits per heavy atom. The first-order valence-electron chi connectivity index (χ1n) is 7.37. The molecule has 1 N–H and O–H groups in total. The maximum atomic E-state index is 11.0. The van der Waals surface area contributed by atoms with Crippen LogP contribution in [0.2, 0.25) is 0 Å². The number of anilines is 1. The van der Waals surface area contributed by atoms with Crippen LogP contribution in [0.3, 0.4) is 0 Å². The molecule has 1 aliphatic rings. The van der Waals surface area contributed by atoms with Gasteiger partial charge in [-0.1, -0.05) is 0 Å². The second kappa shape index (κ2) is 7.48. The number of aromatic nitrogens is 1. The van der Waals surface area contributed by atoms with Crippen molar-refractivity contribution in [2.75, 3.05) is 58.3 Å². The molecule has 0 aliphatic carbocycles. The van der Waals surface area contributed by atoms with Crippen LogP contribution >= 0.6 is 0 Å². The van der Waals surface area contributed by atoms with E-state index in [9.17, 15) is 15.2 Å². The summed E-state index contributed by atoms with van der Waals surface area (Å²) in [6.45, 7) is 4.73. The van der Waals surface area contributed by atoms with Crippen LogP contribution in [0.1, 0.15) is 0 Å². The predicted molar refractivity (Wildman–Crippen MR) is 84.1 cm³/mol. The Bertz CT molecular complexity index is 505. The maximum absolute atomic E-state index is 11.0. The number of hydrogen-bond acceptors (Lipinski definition) is 7. The van der Waals surface area contributed by atoms with E-state index in [1.807, 2.05) is 0 Å². The van der Waals surface area contributed by atoms with Crippen molar-refractivity contribution in [3.8, 4) is 0 Å². The maximum Gasteiger partial charge on any atom is 0.311 e. The number of likely N-dealkylation sites (N-methyl/N-ethyl adjacent to an activating group) is 2. The van der Waals surface area contributed by atoms with Crippen LogP contribution < -0.4 is 4.90 Å². The highest BCUT2D eigenvalue weighted by molar-refractivity contribution is 5.56. The van der Waals surface area contributed by atoms with Crippen LogP contribution in [0.25, 0.3) is 0 Å². The molecule has 1 saturated heterocycles. The average Bonchev–Trinajstić information content (AvgIpc) is 2.49. The molecule has 0 amide bonds. The summed E-state index contributed by atoms with van der Waals surface area (Å²) in [7, 11) is 3.80. The molecule has 8 nitrogen and oxygen atoms in total. The lowest BCUT2D eigenvalue weighted by molar-refractivity contribution is -0.384. The van der Waals surface area contributed by atoms with Crippen LogP contribution in [0, 0.1) is 10.1 Å². The van der Waals surface area contributed by atoms with Crippen molar-refractivity contribution in [1.82, 2.24) is 14.8 Å². The van der Waals surface area contributed by atoms with E-state index in [-0.39, 0.29) is 11.5 Å². The Morgan fingerprint density at radius 3 is 2.77 bits per heavy atom. The Kier molecular flexibility index (Phi) is 5.64. The summed E-state index contributed by atoms with van der Waals surface area (Å²) in [6.07, 6.45) is 0.945. The molecule has 122 valence electrons. The number of piperazine rings is 1.